The van der Waals surface area contributed by atoms with Gasteiger partial charge in [-0.25, -0.2) is 4.79 Å². The minimum atomic E-state index is -0.490. The van der Waals surface area contributed by atoms with Crippen LogP contribution in [0.4, 0.5) is 4.79 Å². The zero-order valence-electron chi connectivity index (χ0n) is 12.5. The van der Waals surface area contributed by atoms with E-state index >= 15 is 0 Å². The van der Waals surface area contributed by atoms with Crippen LogP contribution in [-0.4, -0.2) is 41.6 Å². The number of nitrogens with one attached hydrogen (secondary N) is 1. The fourth-order valence-electron chi connectivity index (χ4n) is 2.17. The number of carbonyl (C=O) groups is 2. The van der Waals surface area contributed by atoms with Gasteiger partial charge < -0.3 is 15.0 Å². The molecule has 0 aliphatic carbocycles. The van der Waals surface area contributed by atoms with E-state index in [-0.39, 0.29) is 11.9 Å². The second-order valence-corrected chi connectivity index (χ2v) is 6.08. The first kappa shape index (κ1) is 15.8. The maximum Gasteiger partial charge on any atom is 0.407 e. The van der Waals surface area contributed by atoms with Crippen molar-refractivity contribution in [1.29, 1.82) is 0 Å². The molecule has 19 heavy (non-hydrogen) atoms. The molecule has 1 aliphatic heterocycles. The molecule has 5 heteroatoms. The summed E-state index contributed by atoms with van der Waals surface area (Å²) < 4.78 is 5.23. The first-order chi connectivity index (χ1) is 8.81. The van der Waals surface area contributed by atoms with Crippen LogP contribution < -0.4 is 5.32 Å². The van der Waals surface area contributed by atoms with Gasteiger partial charge in [-0.05, 0) is 40.0 Å². The second kappa shape index (κ2) is 6.78. The molecule has 0 radical (unpaired) electrons. The van der Waals surface area contributed by atoms with Gasteiger partial charge in [-0.2, -0.15) is 0 Å². The minimum absolute atomic E-state index is 0.00408. The third kappa shape index (κ3) is 5.94. The Labute approximate surface area is 115 Å². The molecule has 5 nitrogen and oxygen atoms in total. The summed E-state index contributed by atoms with van der Waals surface area (Å²) in [6, 6.07) is 0.00408. The third-order valence-electron chi connectivity index (χ3n) is 2.96. The molecule has 1 unspecified atom stereocenters. The van der Waals surface area contributed by atoms with Crippen LogP contribution in [0.1, 0.15) is 53.4 Å². The number of nitrogens with zero attached hydrogens (tertiary/aromatic N) is 1. The lowest BCUT2D eigenvalue weighted by atomic mass is 10.1. The molecule has 1 saturated heterocycles. The van der Waals surface area contributed by atoms with Gasteiger partial charge in [-0.3, -0.25) is 4.79 Å². The molecule has 0 aromatic heterocycles. The van der Waals surface area contributed by atoms with Gasteiger partial charge in [0.15, 0.2) is 0 Å². The van der Waals surface area contributed by atoms with Gasteiger partial charge in [-0.1, -0.05) is 6.92 Å². The first-order valence-electron chi connectivity index (χ1n) is 7.09. The molecule has 110 valence electrons. The molecule has 1 atom stereocenters. The van der Waals surface area contributed by atoms with Crippen LogP contribution in [0.5, 0.6) is 0 Å². The zero-order chi connectivity index (χ0) is 14.5. The Hall–Kier alpha value is -1.26. The number of hydrogen-bond acceptors (Lipinski definition) is 3. The quantitative estimate of drug-likeness (QED) is 0.856. The summed E-state index contributed by atoms with van der Waals surface area (Å²) in [6.07, 6.45) is 2.87. The molecule has 2 amide bonds. The number of ether oxygens (including phenoxy) is 1. The fraction of sp³-hybridized carbons (Fsp3) is 0.857. The van der Waals surface area contributed by atoms with Gasteiger partial charge in [0.25, 0.3) is 0 Å². The topological polar surface area (TPSA) is 58.6 Å². The number of piperidine rings is 1. The average molecular weight is 270 g/mol. The van der Waals surface area contributed by atoms with Crippen molar-refractivity contribution in [2.45, 2.75) is 65.0 Å². The number of likely N-dealkylation sites (tertiary alicyclic amines) is 1. The molecule has 1 heterocycles. The Morgan fingerprint density at radius 1 is 1.37 bits per heavy atom. The molecule has 1 fully saturated rings. The highest BCUT2D eigenvalue weighted by molar-refractivity contribution is 5.76. The van der Waals surface area contributed by atoms with Crippen molar-refractivity contribution in [1.82, 2.24) is 10.2 Å². The van der Waals surface area contributed by atoms with Gasteiger partial charge in [0.1, 0.15) is 5.60 Å². The van der Waals surface area contributed by atoms with E-state index in [1.807, 2.05) is 32.6 Å². The van der Waals surface area contributed by atoms with E-state index in [2.05, 4.69) is 5.32 Å². The van der Waals surface area contributed by atoms with Gasteiger partial charge in [-0.15, -0.1) is 0 Å². The predicted molar refractivity (Wildman–Crippen MR) is 73.9 cm³/mol. The van der Waals surface area contributed by atoms with Crippen LogP contribution in [0.25, 0.3) is 0 Å². The van der Waals surface area contributed by atoms with Crippen LogP contribution in [-0.2, 0) is 9.53 Å². The van der Waals surface area contributed by atoms with Crippen LogP contribution in [0.15, 0.2) is 0 Å². The van der Waals surface area contributed by atoms with E-state index in [9.17, 15) is 9.59 Å². The lowest BCUT2D eigenvalue weighted by Gasteiger charge is -2.33. The summed E-state index contributed by atoms with van der Waals surface area (Å²) in [5.41, 5.74) is -0.490. The monoisotopic (exact) mass is 270 g/mol. The molecule has 0 saturated carbocycles. The maximum absolute atomic E-state index is 11.8. The summed E-state index contributed by atoms with van der Waals surface area (Å²) in [5.74, 6) is 0.179. The highest BCUT2D eigenvalue weighted by Crippen LogP contribution is 2.13. The molecule has 0 bridgehead atoms. The van der Waals surface area contributed by atoms with Crippen molar-refractivity contribution in [3.05, 3.63) is 0 Å². The van der Waals surface area contributed by atoms with Crippen LogP contribution >= 0.6 is 0 Å². The van der Waals surface area contributed by atoms with E-state index in [4.69, 9.17) is 4.74 Å². The van der Waals surface area contributed by atoms with Crippen LogP contribution in [0.2, 0.25) is 0 Å². The standard InChI is InChI=1S/C14H26N2O3/c1-5-7-12(17)16-9-6-8-11(10-16)15-13(18)19-14(2,3)4/h11H,5-10H2,1-4H3,(H,15,18). The lowest BCUT2D eigenvalue weighted by Crippen LogP contribution is -2.50. The van der Waals surface area contributed by atoms with E-state index in [1.165, 1.54) is 0 Å². The van der Waals surface area contributed by atoms with Gasteiger partial charge in [0, 0.05) is 25.6 Å². The highest BCUT2D eigenvalue weighted by Gasteiger charge is 2.26. The molecule has 1 N–H and O–H groups in total. The summed E-state index contributed by atoms with van der Waals surface area (Å²) >= 11 is 0. The molecule has 0 spiro atoms. The van der Waals surface area contributed by atoms with Crippen molar-refractivity contribution in [2.75, 3.05) is 13.1 Å². The van der Waals surface area contributed by atoms with Crippen LogP contribution in [0, 0.1) is 0 Å². The second-order valence-electron chi connectivity index (χ2n) is 6.08. The normalized spacial score (nSPS) is 20.0. The number of hydrogen-bond donors (Lipinski definition) is 1. The van der Waals surface area contributed by atoms with Gasteiger partial charge >= 0.3 is 6.09 Å². The predicted octanol–water partition coefficient (Wildman–Crippen LogP) is 2.30. The maximum atomic E-state index is 11.8. The van der Waals surface area contributed by atoms with E-state index < -0.39 is 11.7 Å². The Morgan fingerprint density at radius 2 is 2.05 bits per heavy atom. The Morgan fingerprint density at radius 3 is 2.63 bits per heavy atom. The lowest BCUT2D eigenvalue weighted by molar-refractivity contribution is -0.132. The van der Waals surface area contributed by atoms with Crippen molar-refractivity contribution >= 4 is 12.0 Å². The zero-order valence-corrected chi connectivity index (χ0v) is 12.5. The molecule has 1 aliphatic rings. The Balaban J connectivity index is 2.42. The van der Waals surface area contributed by atoms with Crippen molar-refractivity contribution < 1.29 is 14.3 Å². The average Bonchev–Trinajstić information content (AvgIpc) is 2.27. The number of alkyl carbamates (subject to hydrolysis) is 1. The number of rotatable bonds is 3. The van der Waals surface area contributed by atoms with Crippen molar-refractivity contribution in [3.8, 4) is 0 Å². The third-order valence-corrected chi connectivity index (χ3v) is 2.96. The Bertz CT molecular complexity index is 323. The number of carbonyl (C=O) groups excluding carboxylic acids is 2. The molecule has 1 rings (SSSR count). The molecular weight excluding hydrogens is 244 g/mol. The Kier molecular flexibility index (Phi) is 5.63. The minimum Gasteiger partial charge on any atom is -0.444 e. The SMILES string of the molecule is CCCC(=O)N1CCCC(NC(=O)OC(C)(C)C)C1. The van der Waals surface area contributed by atoms with Crippen molar-refractivity contribution in [2.24, 2.45) is 0 Å². The summed E-state index contributed by atoms with van der Waals surface area (Å²) in [5, 5.41) is 2.85. The molecule has 0 aromatic rings. The van der Waals surface area contributed by atoms with E-state index in [0.717, 1.165) is 25.8 Å². The fourth-order valence-corrected chi connectivity index (χ4v) is 2.17. The summed E-state index contributed by atoms with van der Waals surface area (Å²) in [6.45, 7) is 8.90. The largest absolute Gasteiger partial charge is 0.444 e. The summed E-state index contributed by atoms with van der Waals surface area (Å²) in [4.78, 5) is 25.4. The van der Waals surface area contributed by atoms with Gasteiger partial charge in [0.2, 0.25) is 5.91 Å². The first-order valence-corrected chi connectivity index (χ1v) is 7.09. The smallest absolute Gasteiger partial charge is 0.407 e. The molecular formula is C14H26N2O3. The molecule has 0 aromatic carbocycles. The number of amides is 2. The van der Waals surface area contributed by atoms with Gasteiger partial charge in [0.05, 0.1) is 0 Å². The highest BCUT2D eigenvalue weighted by atomic mass is 16.6. The van der Waals surface area contributed by atoms with Crippen molar-refractivity contribution in [3.63, 3.8) is 0 Å². The van der Waals surface area contributed by atoms with E-state index in [0.29, 0.717) is 13.0 Å². The van der Waals surface area contributed by atoms with Crippen LogP contribution in [0.3, 0.4) is 0 Å². The summed E-state index contributed by atoms with van der Waals surface area (Å²) in [7, 11) is 0. The van der Waals surface area contributed by atoms with E-state index in [1.54, 1.807) is 0 Å².